The molecule has 0 bridgehead atoms. The number of nitrogens with zero attached hydrogens (tertiary/aromatic N) is 2. The predicted octanol–water partition coefficient (Wildman–Crippen LogP) is 2.80. The summed E-state index contributed by atoms with van der Waals surface area (Å²) >= 11 is 0. The maximum absolute atomic E-state index is 6.20. The van der Waals surface area contributed by atoms with Gasteiger partial charge in [0.05, 0.1) is 5.69 Å². The van der Waals surface area contributed by atoms with Crippen LogP contribution in [0.2, 0.25) is 0 Å². The van der Waals surface area contributed by atoms with Crippen LogP contribution >= 0.6 is 0 Å². The van der Waals surface area contributed by atoms with E-state index >= 15 is 0 Å². The summed E-state index contributed by atoms with van der Waals surface area (Å²) in [7, 11) is 0. The molecule has 1 fully saturated rings. The van der Waals surface area contributed by atoms with Crippen molar-refractivity contribution in [1.29, 1.82) is 0 Å². The highest BCUT2D eigenvalue weighted by Crippen LogP contribution is 2.39. The first kappa shape index (κ1) is 9.70. The van der Waals surface area contributed by atoms with Gasteiger partial charge in [-0.25, -0.2) is 4.98 Å². The van der Waals surface area contributed by atoms with Gasteiger partial charge in [-0.15, -0.1) is 0 Å². The fraction of sp³-hybridized carbons (Fsp3) is 0.462. The van der Waals surface area contributed by atoms with E-state index in [1.54, 1.807) is 0 Å². The molecule has 84 valence electrons. The Labute approximate surface area is 95.3 Å². The van der Waals surface area contributed by atoms with Gasteiger partial charge in [0, 0.05) is 11.6 Å². The van der Waals surface area contributed by atoms with Gasteiger partial charge in [-0.1, -0.05) is 6.42 Å². The van der Waals surface area contributed by atoms with Crippen molar-refractivity contribution in [2.45, 2.75) is 39.0 Å². The van der Waals surface area contributed by atoms with Gasteiger partial charge in [-0.3, -0.25) is 4.40 Å². The molecule has 1 saturated carbocycles. The number of aryl methyl sites for hydroxylation is 2. The van der Waals surface area contributed by atoms with Gasteiger partial charge in [-0.2, -0.15) is 0 Å². The van der Waals surface area contributed by atoms with Crippen LogP contribution in [0.1, 0.15) is 42.1 Å². The lowest BCUT2D eigenvalue weighted by Crippen LogP contribution is -2.11. The van der Waals surface area contributed by atoms with E-state index in [-0.39, 0.29) is 0 Å². The summed E-state index contributed by atoms with van der Waals surface area (Å²) in [5.41, 5.74) is 10.7. The Hall–Kier alpha value is -1.51. The normalized spacial score (nSPS) is 16.6. The Morgan fingerprint density at radius 3 is 2.69 bits per heavy atom. The lowest BCUT2D eigenvalue weighted by Gasteiger charge is -2.23. The zero-order valence-corrected chi connectivity index (χ0v) is 9.83. The molecule has 0 unspecified atom stereocenters. The second-order valence-electron chi connectivity index (χ2n) is 4.88. The topological polar surface area (TPSA) is 43.3 Å². The average molecular weight is 215 g/mol. The lowest BCUT2D eigenvalue weighted by atomic mass is 9.83. The number of anilines is 1. The van der Waals surface area contributed by atoms with Gasteiger partial charge in [0.1, 0.15) is 11.5 Å². The molecule has 1 aliphatic rings. The number of hydrogen-bond donors (Lipinski definition) is 1. The lowest BCUT2D eigenvalue weighted by molar-refractivity contribution is 0.414. The molecule has 0 saturated heterocycles. The molecule has 0 atom stereocenters. The molecule has 2 aromatic rings. The molecular weight excluding hydrogens is 198 g/mol. The maximum Gasteiger partial charge on any atom is 0.139 e. The molecule has 2 heterocycles. The highest BCUT2D eigenvalue weighted by molar-refractivity contribution is 5.56. The molecule has 2 aromatic heterocycles. The third-order valence-electron chi connectivity index (χ3n) is 3.61. The molecule has 3 rings (SSSR count). The maximum atomic E-state index is 6.20. The molecular formula is C13H17N3. The minimum absolute atomic E-state index is 0.597. The van der Waals surface area contributed by atoms with Gasteiger partial charge in [-0.05, 0) is 44.4 Å². The first-order valence-electron chi connectivity index (χ1n) is 5.92. The number of imidazole rings is 1. The van der Waals surface area contributed by atoms with Gasteiger partial charge >= 0.3 is 0 Å². The Balaban J connectivity index is 2.25. The largest absolute Gasteiger partial charge is 0.383 e. The predicted molar refractivity (Wildman–Crippen MR) is 65.7 cm³/mol. The molecule has 3 nitrogen and oxygen atoms in total. The first-order valence-corrected chi connectivity index (χ1v) is 5.92. The highest BCUT2D eigenvalue weighted by Gasteiger charge is 2.25. The zero-order valence-electron chi connectivity index (χ0n) is 9.83. The van der Waals surface area contributed by atoms with Gasteiger partial charge < -0.3 is 5.73 Å². The summed E-state index contributed by atoms with van der Waals surface area (Å²) in [6.07, 6.45) is 3.80. The third kappa shape index (κ3) is 1.24. The smallest absolute Gasteiger partial charge is 0.139 e. The molecule has 0 aromatic carbocycles. The van der Waals surface area contributed by atoms with Crippen LogP contribution in [0.4, 0.5) is 5.82 Å². The molecule has 0 aliphatic heterocycles. The van der Waals surface area contributed by atoms with E-state index in [0.717, 1.165) is 17.2 Å². The Kier molecular flexibility index (Phi) is 1.96. The van der Waals surface area contributed by atoms with E-state index in [2.05, 4.69) is 30.4 Å². The Morgan fingerprint density at radius 1 is 1.31 bits per heavy atom. The number of pyridine rings is 1. The molecule has 2 N–H and O–H groups in total. The first-order chi connectivity index (χ1) is 7.66. The van der Waals surface area contributed by atoms with Crippen molar-refractivity contribution in [2.24, 2.45) is 0 Å². The van der Waals surface area contributed by atoms with Gasteiger partial charge in [0.25, 0.3) is 0 Å². The Bertz CT molecular complexity index is 550. The molecule has 3 heteroatoms. The van der Waals surface area contributed by atoms with Crippen LogP contribution in [0, 0.1) is 13.8 Å². The molecule has 16 heavy (non-hydrogen) atoms. The van der Waals surface area contributed by atoms with Crippen molar-refractivity contribution in [3.8, 4) is 0 Å². The SMILES string of the molecule is Cc1cc(C)n2c(N)c(C3CCC3)nc2c1. The van der Waals surface area contributed by atoms with Crippen molar-refractivity contribution >= 4 is 11.5 Å². The van der Waals surface area contributed by atoms with Crippen LogP contribution in [0.5, 0.6) is 0 Å². The molecule has 0 radical (unpaired) electrons. The number of nitrogens with two attached hydrogens (primary N) is 1. The van der Waals surface area contributed by atoms with E-state index in [9.17, 15) is 0 Å². The van der Waals surface area contributed by atoms with E-state index in [1.165, 1.54) is 30.5 Å². The quantitative estimate of drug-likeness (QED) is 0.795. The summed E-state index contributed by atoms with van der Waals surface area (Å²) in [5, 5.41) is 0. The van der Waals surface area contributed by atoms with Crippen molar-refractivity contribution < 1.29 is 0 Å². The van der Waals surface area contributed by atoms with E-state index in [0.29, 0.717) is 5.92 Å². The van der Waals surface area contributed by atoms with Gasteiger partial charge in [0.15, 0.2) is 0 Å². The summed E-state index contributed by atoms with van der Waals surface area (Å²) in [5.74, 6) is 1.44. The van der Waals surface area contributed by atoms with Crippen LogP contribution in [0.15, 0.2) is 12.1 Å². The van der Waals surface area contributed by atoms with Gasteiger partial charge in [0.2, 0.25) is 0 Å². The van der Waals surface area contributed by atoms with E-state index < -0.39 is 0 Å². The zero-order chi connectivity index (χ0) is 11.3. The minimum Gasteiger partial charge on any atom is -0.383 e. The van der Waals surface area contributed by atoms with E-state index in [4.69, 9.17) is 10.7 Å². The van der Waals surface area contributed by atoms with E-state index in [1.807, 2.05) is 0 Å². The number of rotatable bonds is 1. The van der Waals surface area contributed by atoms with Crippen molar-refractivity contribution in [3.05, 3.63) is 29.1 Å². The minimum atomic E-state index is 0.597. The second kappa shape index (κ2) is 3.24. The van der Waals surface area contributed by atoms with Crippen LogP contribution in [0.3, 0.4) is 0 Å². The number of nitrogen functional groups attached to an aromatic ring is 1. The van der Waals surface area contributed by atoms with Crippen molar-refractivity contribution in [1.82, 2.24) is 9.38 Å². The fourth-order valence-corrected chi connectivity index (χ4v) is 2.56. The number of aromatic nitrogens is 2. The van der Waals surface area contributed by atoms with Crippen LogP contribution in [-0.4, -0.2) is 9.38 Å². The summed E-state index contributed by atoms with van der Waals surface area (Å²) in [6, 6.07) is 4.25. The molecule has 0 amide bonds. The van der Waals surface area contributed by atoms with Crippen LogP contribution < -0.4 is 5.73 Å². The molecule has 0 spiro atoms. The highest BCUT2D eigenvalue weighted by atomic mass is 15.1. The third-order valence-corrected chi connectivity index (χ3v) is 3.61. The van der Waals surface area contributed by atoms with Crippen LogP contribution in [-0.2, 0) is 0 Å². The Morgan fingerprint density at radius 2 is 2.06 bits per heavy atom. The van der Waals surface area contributed by atoms with Crippen LogP contribution in [0.25, 0.3) is 5.65 Å². The van der Waals surface area contributed by atoms with Crippen molar-refractivity contribution in [2.75, 3.05) is 5.73 Å². The monoisotopic (exact) mass is 215 g/mol. The summed E-state index contributed by atoms with van der Waals surface area (Å²) in [4.78, 5) is 4.69. The number of fused-ring (bicyclic) bond motifs is 1. The standard InChI is InChI=1S/C13H17N3/c1-8-6-9(2)16-11(7-8)15-12(13(16)14)10-4-3-5-10/h6-7,10H,3-5,14H2,1-2H3. The average Bonchev–Trinajstić information content (AvgIpc) is 2.40. The summed E-state index contributed by atoms with van der Waals surface area (Å²) in [6.45, 7) is 4.18. The summed E-state index contributed by atoms with van der Waals surface area (Å²) < 4.78 is 2.07. The van der Waals surface area contributed by atoms with Crippen molar-refractivity contribution in [3.63, 3.8) is 0 Å². The number of hydrogen-bond acceptors (Lipinski definition) is 2. The molecule has 1 aliphatic carbocycles. The second-order valence-corrected chi connectivity index (χ2v) is 4.88. The fourth-order valence-electron chi connectivity index (χ4n) is 2.56.